The molecule has 1 N–H and O–H groups in total. The molecule has 1 aliphatic heterocycles. The summed E-state index contributed by atoms with van der Waals surface area (Å²) < 4.78 is 32.2. The molecule has 0 spiro atoms. The molecule has 2 atom stereocenters. The minimum Gasteiger partial charge on any atom is -0.379 e. The fraction of sp³-hybridized carbons (Fsp3) is 0.714. The van der Waals surface area contributed by atoms with Crippen LogP contribution in [0.1, 0.15) is 12.1 Å². The minimum atomic E-state index is -3.31. The number of hydrogen-bond donors (Lipinski definition) is 1. The van der Waals surface area contributed by atoms with E-state index in [1.165, 1.54) is 18.4 Å². The highest BCUT2D eigenvalue weighted by atomic mass is 32.2. The van der Waals surface area contributed by atoms with E-state index in [1.54, 1.807) is 4.68 Å². The van der Waals surface area contributed by atoms with Crippen LogP contribution in [0.5, 0.6) is 0 Å². The third-order valence-electron chi connectivity index (χ3n) is 3.87. The first-order chi connectivity index (χ1) is 10.8. The molecule has 9 heteroatoms. The topological polar surface area (TPSA) is 93.5 Å². The molecule has 23 heavy (non-hydrogen) atoms. The van der Waals surface area contributed by atoms with E-state index in [4.69, 9.17) is 4.74 Å². The Hall–Kier alpha value is -1.45. The van der Waals surface area contributed by atoms with Crippen LogP contribution in [-0.4, -0.2) is 67.5 Å². The number of amides is 1. The Bertz CT molecular complexity index is 641. The van der Waals surface area contributed by atoms with Crippen molar-refractivity contribution >= 4 is 15.9 Å². The second-order valence-electron chi connectivity index (χ2n) is 6.00. The van der Waals surface area contributed by atoms with Gasteiger partial charge in [0.25, 0.3) is 0 Å². The fourth-order valence-electron chi connectivity index (χ4n) is 2.42. The van der Waals surface area contributed by atoms with E-state index in [1.807, 2.05) is 19.2 Å². The summed E-state index contributed by atoms with van der Waals surface area (Å²) in [5.41, 5.74) is 0.906. The molecule has 8 nitrogen and oxygen atoms in total. The molecule has 2 heterocycles. The van der Waals surface area contributed by atoms with E-state index >= 15 is 0 Å². The SMILES string of the molecule is Cc1ccn(CCC(=O)N[C@@H]2COC[C@H]2CS(=O)(=O)N(C)C)n1. The zero-order valence-corrected chi connectivity index (χ0v) is 14.5. The first kappa shape index (κ1) is 17.9. The van der Waals surface area contributed by atoms with Crippen molar-refractivity contribution in [3.8, 4) is 0 Å². The van der Waals surface area contributed by atoms with Gasteiger partial charge in [0.15, 0.2) is 0 Å². The maximum atomic E-state index is 12.1. The third-order valence-corrected chi connectivity index (χ3v) is 5.83. The van der Waals surface area contributed by atoms with E-state index in [-0.39, 0.29) is 23.6 Å². The molecule has 130 valence electrons. The first-order valence-electron chi connectivity index (χ1n) is 7.55. The molecule has 1 fully saturated rings. The van der Waals surface area contributed by atoms with E-state index in [0.717, 1.165) is 5.69 Å². The van der Waals surface area contributed by atoms with Crippen LogP contribution >= 0.6 is 0 Å². The van der Waals surface area contributed by atoms with Crippen LogP contribution in [0.3, 0.4) is 0 Å². The van der Waals surface area contributed by atoms with Crippen molar-refractivity contribution < 1.29 is 17.9 Å². The Labute approximate surface area is 136 Å². The number of carbonyl (C=O) groups excluding carboxylic acids is 1. The highest BCUT2D eigenvalue weighted by Gasteiger charge is 2.33. The van der Waals surface area contributed by atoms with Crippen molar-refractivity contribution in [2.24, 2.45) is 5.92 Å². The Kier molecular flexibility index (Phi) is 5.77. The molecular formula is C14H24N4O4S. The summed E-state index contributed by atoms with van der Waals surface area (Å²) >= 11 is 0. The van der Waals surface area contributed by atoms with Crippen molar-refractivity contribution in [3.63, 3.8) is 0 Å². The van der Waals surface area contributed by atoms with Gasteiger partial charge in [-0.1, -0.05) is 0 Å². The van der Waals surface area contributed by atoms with Gasteiger partial charge in [-0.2, -0.15) is 5.10 Å². The van der Waals surface area contributed by atoms with E-state index in [0.29, 0.717) is 26.2 Å². The smallest absolute Gasteiger partial charge is 0.222 e. The normalized spacial score (nSPS) is 21.7. The summed E-state index contributed by atoms with van der Waals surface area (Å²) in [5.74, 6) is -0.372. The standard InChI is InChI=1S/C14H24N4O4S/c1-11-4-6-18(16-11)7-5-14(19)15-13-9-22-8-12(13)10-23(20,21)17(2)3/h4,6,12-13H,5,7-10H2,1-3H3,(H,15,19)/t12-,13+/m0/s1. The van der Waals surface area contributed by atoms with Gasteiger partial charge < -0.3 is 10.1 Å². The van der Waals surface area contributed by atoms with Crippen molar-refractivity contribution in [2.45, 2.75) is 25.9 Å². The van der Waals surface area contributed by atoms with Crippen molar-refractivity contribution in [1.82, 2.24) is 19.4 Å². The average molecular weight is 344 g/mol. The van der Waals surface area contributed by atoms with Crippen molar-refractivity contribution in [1.29, 1.82) is 0 Å². The van der Waals surface area contributed by atoms with Gasteiger partial charge >= 0.3 is 0 Å². The van der Waals surface area contributed by atoms with Crippen LogP contribution in [-0.2, 0) is 26.1 Å². The second kappa shape index (κ2) is 7.41. The Balaban J connectivity index is 1.84. The fourth-order valence-corrected chi connectivity index (χ4v) is 3.59. The first-order valence-corrected chi connectivity index (χ1v) is 9.16. The number of aromatic nitrogens is 2. The van der Waals surface area contributed by atoms with Gasteiger partial charge in [0, 0.05) is 39.2 Å². The summed E-state index contributed by atoms with van der Waals surface area (Å²) in [7, 11) is -0.305. The maximum absolute atomic E-state index is 12.1. The minimum absolute atomic E-state index is 0.0245. The van der Waals surface area contributed by atoms with Crippen LogP contribution in [0.2, 0.25) is 0 Å². The molecule has 1 saturated heterocycles. The van der Waals surface area contributed by atoms with Gasteiger partial charge in [-0.05, 0) is 13.0 Å². The molecule has 1 aromatic heterocycles. The zero-order valence-electron chi connectivity index (χ0n) is 13.7. The largest absolute Gasteiger partial charge is 0.379 e. The number of ether oxygens (including phenoxy) is 1. The summed E-state index contributed by atoms with van der Waals surface area (Å²) in [4.78, 5) is 12.1. The van der Waals surface area contributed by atoms with E-state index in [9.17, 15) is 13.2 Å². The van der Waals surface area contributed by atoms with Gasteiger partial charge in [0.1, 0.15) is 0 Å². The van der Waals surface area contributed by atoms with Crippen LogP contribution in [0.25, 0.3) is 0 Å². The quantitative estimate of drug-likeness (QED) is 0.727. The maximum Gasteiger partial charge on any atom is 0.222 e. The zero-order chi connectivity index (χ0) is 17.0. The van der Waals surface area contributed by atoms with Gasteiger partial charge in [-0.15, -0.1) is 0 Å². The number of rotatable bonds is 7. The molecule has 0 unspecified atom stereocenters. The highest BCUT2D eigenvalue weighted by Crippen LogP contribution is 2.17. The number of hydrogen-bond acceptors (Lipinski definition) is 5. The van der Waals surface area contributed by atoms with Gasteiger partial charge in [0.2, 0.25) is 15.9 Å². The predicted octanol–water partition coefficient (Wildman–Crippen LogP) is -0.396. The average Bonchev–Trinajstić information content (AvgIpc) is 3.06. The van der Waals surface area contributed by atoms with Crippen molar-refractivity contribution in [3.05, 3.63) is 18.0 Å². The Morgan fingerprint density at radius 3 is 2.83 bits per heavy atom. The molecule has 1 aliphatic rings. The Morgan fingerprint density at radius 1 is 1.48 bits per heavy atom. The molecule has 1 aromatic rings. The lowest BCUT2D eigenvalue weighted by Crippen LogP contribution is -2.43. The summed E-state index contributed by atoms with van der Waals surface area (Å²) in [6.45, 7) is 3.08. The molecule has 0 aliphatic carbocycles. The van der Waals surface area contributed by atoms with Crippen LogP contribution in [0.15, 0.2) is 12.3 Å². The number of carbonyl (C=O) groups is 1. The van der Waals surface area contributed by atoms with Crippen LogP contribution in [0, 0.1) is 12.8 Å². The monoisotopic (exact) mass is 344 g/mol. The number of sulfonamides is 1. The number of aryl methyl sites for hydroxylation is 2. The summed E-state index contributed by atoms with van der Waals surface area (Å²) in [6, 6.07) is 1.61. The van der Waals surface area contributed by atoms with Crippen LogP contribution in [0.4, 0.5) is 0 Å². The molecule has 2 rings (SSSR count). The Morgan fingerprint density at radius 2 is 2.22 bits per heavy atom. The number of nitrogens with one attached hydrogen (secondary N) is 1. The third kappa shape index (κ3) is 5.02. The van der Waals surface area contributed by atoms with Crippen molar-refractivity contribution in [2.75, 3.05) is 33.1 Å². The number of nitrogens with zero attached hydrogens (tertiary/aromatic N) is 3. The lowest BCUT2D eigenvalue weighted by molar-refractivity contribution is -0.122. The lowest BCUT2D eigenvalue weighted by atomic mass is 10.1. The molecule has 0 radical (unpaired) electrons. The predicted molar refractivity (Wildman–Crippen MR) is 85.3 cm³/mol. The second-order valence-corrected chi connectivity index (χ2v) is 8.23. The summed E-state index contributed by atoms with van der Waals surface area (Å²) in [6.07, 6.45) is 2.12. The molecular weight excluding hydrogens is 320 g/mol. The van der Waals surface area contributed by atoms with E-state index in [2.05, 4.69) is 10.4 Å². The van der Waals surface area contributed by atoms with Gasteiger partial charge in [-0.25, -0.2) is 12.7 Å². The molecule has 1 amide bonds. The molecule has 0 bridgehead atoms. The molecule has 0 saturated carbocycles. The molecule has 0 aromatic carbocycles. The highest BCUT2D eigenvalue weighted by molar-refractivity contribution is 7.89. The van der Waals surface area contributed by atoms with Gasteiger partial charge in [-0.3, -0.25) is 9.48 Å². The lowest BCUT2D eigenvalue weighted by Gasteiger charge is -2.21. The van der Waals surface area contributed by atoms with E-state index < -0.39 is 10.0 Å². The van der Waals surface area contributed by atoms with Crippen LogP contribution < -0.4 is 5.32 Å². The van der Waals surface area contributed by atoms with Gasteiger partial charge in [0.05, 0.1) is 30.7 Å². The summed E-state index contributed by atoms with van der Waals surface area (Å²) in [5, 5.41) is 7.10.